The highest BCUT2D eigenvalue weighted by atomic mass is 15.3. The number of benzene rings is 2. The van der Waals surface area contributed by atoms with E-state index in [1.54, 1.807) is 0 Å². The van der Waals surface area contributed by atoms with Gasteiger partial charge in [0, 0.05) is 45.6 Å². The summed E-state index contributed by atoms with van der Waals surface area (Å²) >= 11 is 0. The summed E-state index contributed by atoms with van der Waals surface area (Å²) in [5, 5.41) is 15.6. The van der Waals surface area contributed by atoms with Crippen LogP contribution in [-0.2, 0) is 5.66 Å². The summed E-state index contributed by atoms with van der Waals surface area (Å²) in [6.07, 6.45) is 4.34. The predicted molar refractivity (Wildman–Crippen MR) is 115 cm³/mol. The van der Waals surface area contributed by atoms with Crippen molar-refractivity contribution in [1.82, 2.24) is 15.2 Å². The van der Waals surface area contributed by atoms with E-state index in [9.17, 15) is 0 Å². The number of aromatic nitrogens is 3. The van der Waals surface area contributed by atoms with E-state index in [1.807, 2.05) is 48.7 Å². The molecule has 1 aliphatic carbocycles. The minimum absolute atomic E-state index is 0.575. The van der Waals surface area contributed by atoms with E-state index in [-0.39, 0.29) is 0 Å². The zero-order valence-corrected chi connectivity index (χ0v) is 15.7. The molecule has 7 heteroatoms. The SMILES string of the molecule is NC1(c2cc(C3CC3)[nH]n2)N=C(Nc2ccc3[nH]ccc3c2)Nc2ccccc21. The average Bonchev–Trinajstić information content (AvgIpc) is 3.25. The van der Waals surface area contributed by atoms with Gasteiger partial charge in [-0.2, -0.15) is 5.10 Å². The Morgan fingerprint density at radius 1 is 1.07 bits per heavy atom. The summed E-state index contributed by atoms with van der Waals surface area (Å²) in [7, 11) is 0. The number of aliphatic imine (C=N–C) groups is 1. The van der Waals surface area contributed by atoms with Gasteiger partial charge in [-0.15, -0.1) is 0 Å². The molecule has 3 heterocycles. The minimum atomic E-state index is -1.06. The number of nitrogens with one attached hydrogen (secondary N) is 4. The molecule has 6 N–H and O–H groups in total. The van der Waals surface area contributed by atoms with E-state index in [2.05, 4.69) is 37.9 Å². The molecule has 6 rings (SSSR count). The highest BCUT2D eigenvalue weighted by Gasteiger charge is 2.39. The van der Waals surface area contributed by atoms with Crippen LogP contribution in [0.15, 0.2) is 65.8 Å². The van der Waals surface area contributed by atoms with E-state index in [1.165, 1.54) is 12.8 Å². The van der Waals surface area contributed by atoms with Gasteiger partial charge in [-0.05, 0) is 49.2 Å². The maximum atomic E-state index is 6.89. The second kappa shape index (κ2) is 5.96. The van der Waals surface area contributed by atoms with Crippen LogP contribution in [0.5, 0.6) is 0 Å². The van der Waals surface area contributed by atoms with Gasteiger partial charge >= 0.3 is 0 Å². The standard InChI is InChI=1S/C22H21N7/c23-22(20-12-19(28-29-20)13-5-6-13)16-3-1-2-4-18(16)26-21(27-22)25-15-7-8-17-14(11-15)9-10-24-17/h1-4,7-13,24H,5-6,23H2,(H,28,29)(H2,25,26,27). The third kappa shape index (κ3) is 2.70. The van der Waals surface area contributed by atoms with Crippen molar-refractivity contribution >= 4 is 28.2 Å². The van der Waals surface area contributed by atoms with Crippen molar-refractivity contribution in [2.45, 2.75) is 24.4 Å². The number of fused-ring (bicyclic) bond motifs is 2. The van der Waals surface area contributed by atoms with Crippen LogP contribution in [-0.4, -0.2) is 21.1 Å². The van der Waals surface area contributed by atoms with E-state index < -0.39 is 5.66 Å². The van der Waals surface area contributed by atoms with Gasteiger partial charge in [0.2, 0.25) is 5.96 Å². The van der Waals surface area contributed by atoms with Gasteiger partial charge in [0.25, 0.3) is 0 Å². The summed E-state index contributed by atoms with van der Waals surface area (Å²) in [5.41, 5.74) is 11.6. The van der Waals surface area contributed by atoms with E-state index in [0.717, 1.165) is 39.2 Å². The Labute approximate surface area is 167 Å². The van der Waals surface area contributed by atoms with Gasteiger partial charge in [0.15, 0.2) is 5.66 Å². The highest BCUT2D eigenvalue weighted by Crippen LogP contribution is 2.42. The fraction of sp³-hybridized carbons (Fsp3) is 0.182. The molecule has 1 atom stereocenters. The molecule has 0 radical (unpaired) electrons. The normalized spacial score (nSPS) is 20.8. The fourth-order valence-corrected chi connectivity index (χ4v) is 3.97. The Balaban J connectivity index is 1.41. The van der Waals surface area contributed by atoms with Gasteiger partial charge in [0.05, 0.1) is 0 Å². The Hall–Kier alpha value is -3.58. The molecule has 4 aromatic rings. The van der Waals surface area contributed by atoms with Crippen LogP contribution in [0.25, 0.3) is 10.9 Å². The predicted octanol–water partition coefficient (Wildman–Crippen LogP) is 3.82. The van der Waals surface area contributed by atoms with Crippen molar-refractivity contribution < 1.29 is 0 Å². The molecule has 0 saturated heterocycles. The van der Waals surface area contributed by atoms with Crippen molar-refractivity contribution in [1.29, 1.82) is 0 Å². The highest BCUT2D eigenvalue weighted by molar-refractivity contribution is 6.06. The van der Waals surface area contributed by atoms with Gasteiger partial charge in [-0.25, -0.2) is 4.99 Å². The molecule has 0 spiro atoms. The smallest absolute Gasteiger partial charge is 0.202 e. The molecule has 29 heavy (non-hydrogen) atoms. The molecule has 7 nitrogen and oxygen atoms in total. The van der Waals surface area contributed by atoms with Gasteiger partial charge < -0.3 is 15.6 Å². The lowest BCUT2D eigenvalue weighted by Gasteiger charge is -2.32. The lowest BCUT2D eigenvalue weighted by molar-refractivity contribution is 0.547. The zero-order chi connectivity index (χ0) is 19.4. The number of nitrogens with two attached hydrogens (primary N) is 1. The number of rotatable bonds is 3. The van der Waals surface area contributed by atoms with E-state index in [4.69, 9.17) is 10.7 Å². The summed E-state index contributed by atoms with van der Waals surface area (Å²) in [4.78, 5) is 8.07. The lowest BCUT2D eigenvalue weighted by Crippen LogP contribution is -2.44. The lowest BCUT2D eigenvalue weighted by atomic mass is 9.94. The molecule has 2 aliphatic rings. The molecule has 1 aliphatic heterocycles. The molecule has 1 saturated carbocycles. The van der Waals surface area contributed by atoms with Crippen molar-refractivity contribution in [2.24, 2.45) is 10.7 Å². The molecule has 144 valence electrons. The Morgan fingerprint density at radius 2 is 1.97 bits per heavy atom. The average molecular weight is 383 g/mol. The van der Waals surface area contributed by atoms with Crippen LogP contribution in [0.1, 0.15) is 35.7 Å². The molecule has 2 aromatic heterocycles. The molecule has 1 fully saturated rings. The number of nitrogens with zero attached hydrogens (tertiary/aromatic N) is 2. The number of para-hydroxylation sites is 1. The number of anilines is 2. The van der Waals surface area contributed by atoms with E-state index >= 15 is 0 Å². The summed E-state index contributed by atoms with van der Waals surface area (Å²) in [6.45, 7) is 0. The summed E-state index contributed by atoms with van der Waals surface area (Å²) < 4.78 is 0. The number of hydrogen-bond donors (Lipinski definition) is 5. The fourth-order valence-electron chi connectivity index (χ4n) is 3.97. The number of hydrogen-bond acceptors (Lipinski definition) is 5. The largest absolute Gasteiger partial charge is 0.361 e. The van der Waals surface area contributed by atoms with Crippen LogP contribution in [0.4, 0.5) is 11.4 Å². The van der Waals surface area contributed by atoms with Gasteiger partial charge in [-0.3, -0.25) is 10.8 Å². The van der Waals surface area contributed by atoms with Crippen molar-refractivity contribution in [3.63, 3.8) is 0 Å². The number of guanidine groups is 1. The Kier molecular flexibility index (Phi) is 3.36. The van der Waals surface area contributed by atoms with Crippen molar-refractivity contribution in [3.05, 3.63) is 77.7 Å². The van der Waals surface area contributed by atoms with Gasteiger partial charge in [0.1, 0.15) is 5.69 Å². The van der Waals surface area contributed by atoms with Crippen LogP contribution in [0, 0.1) is 0 Å². The maximum Gasteiger partial charge on any atom is 0.202 e. The van der Waals surface area contributed by atoms with Crippen molar-refractivity contribution in [2.75, 3.05) is 10.6 Å². The first kappa shape index (κ1) is 16.4. The summed E-state index contributed by atoms with van der Waals surface area (Å²) in [6, 6.07) is 18.2. The van der Waals surface area contributed by atoms with Crippen LogP contribution in [0.3, 0.4) is 0 Å². The first-order chi connectivity index (χ1) is 14.2. The van der Waals surface area contributed by atoms with Gasteiger partial charge in [-0.1, -0.05) is 18.2 Å². The van der Waals surface area contributed by atoms with Crippen LogP contribution < -0.4 is 16.4 Å². The monoisotopic (exact) mass is 383 g/mol. The zero-order valence-electron chi connectivity index (χ0n) is 15.7. The second-order valence-corrected chi connectivity index (χ2v) is 7.78. The van der Waals surface area contributed by atoms with E-state index in [0.29, 0.717) is 11.9 Å². The Morgan fingerprint density at radius 3 is 2.86 bits per heavy atom. The molecular formula is C22H21N7. The number of H-pyrrole nitrogens is 2. The topological polar surface area (TPSA) is 107 Å². The second-order valence-electron chi connectivity index (χ2n) is 7.78. The maximum absolute atomic E-state index is 6.89. The molecular weight excluding hydrogens is 362 g/mol. The first-order valence-electron chi connectivity index (χ1n) is 9.84. The third-order valence-electron chi connectivity index (χ3n) is 5.70. The van der Waals surface area contributed by atoms with Crippen LogP contribution in [0.2, 0.25) is 0 Å². The first-order valence-corrected chi connectivity index (χ1v) is 9.84. The van der Waals surface area contributed by atoms with Crippen molar-refractivity contribution in [3.8, 4) is 0 Å². The van der Waals surface area contributed by atoms with Crippen LogP contribution >= 0.6 is 0 Å². The molecule has 0 amide bonds. The quantitative estimate of drug-likeness (QED) is 0.371. The molecule has 1 unspecified atom stereocenters. The number of aromatic amines is 2. The molecule has 0 bridgehead atoms. The third-order valence-corrected chi connectivity index (χ3v) is 5.70. The minimum Gasteiger partial charge on any atom is -0.361 e. The Bertz CT molecular complexity index is 1250. The summed E-state index contributed by atoms with van der Waals surface area (Å²) in [5.74, 6) is 1.17. The molecule has 2 aromatic carbocycles.